The highest BCUT2D eigenvalue weighted by atomic mass is 16.5. The number of hydrogen-bond donors (Lipinski definition) is 1. The summed E-state index contributed by atoms with van der Waals surface area (Å²) in [6.07, 6.45) is 4.38. The minimum atomic E-state index is -0.210. The van der Waals surface area contributed by atoms with Crippen LogP contribution in [0.3, 0.4) is 0 Å². The second-order valence-electron chi connectivity index (χ2n) is 5.96. The summed E-state index contributed by atoms with van der Waals surface area (Å²) in [5, 5.41) is 12.9. The number of fused-ring (bicyclic) bond motifs is 3. The maximum atomic E-state index is 11.5. The maximum absolute atomic E-state index is 11.5. The van der Waals surface area contributed by atoms with Gasteiger partial charge in [-0.2, -0.15) is 14.6 Å². The quantitative estimate of drug-likeness (QED) is 0.389. The van der Waals surface area contributed by atoms with Gasteiger partial charge in [0.05, 0.1) is 18.3 Å². The molecule has 4 rings (SSSR count). The Morgan fingerprint density at radius 1 is 1.33 bits per heavy atom. The molecule has 0 saturated heterocycles. The monoisotopic (exact) mass is 369 g/mol. The number of aromatic nitrogens is 6. The Kier molecular flexibility index (Phi) is 4.45. The second-order valence-corrected chi connectivity index (χ2v) is 5.96. The molecule has 0 fully saturated rings. The van der Waals surface area contributed by atoms with Crippen LogP contribution in [0.5, 0.6) is 0 Å². The van der Waals surface area contributed by atoms with Crippen molar-refractivity contribution in [2.45, 2.75) is 19.8 Å². The Balaban J connectivity index is 1.65. The first kappa shape index (κ1) is 17.0. The molecule has 0 aliphatic rings. The van der Waals surface area contributed by atoms with E-state index in [0.717, 1.165) is 5.39 Å². The van der Waals surface area contributed by atoms with Crippen molar-refractivity contribution in [3.63, 3.8) is 0 Å². The van der Waals surface area contributed by atoms with E-state index < -0.39 is 0 Å². The lowest BCUT2D eigenvalue weighted by atomic mass is 10.3. The second kappa shape index (κ2) is 7.06. The number of ether oxygens (including phenoxy) is 1. The molecular weight excluding hydrogens is 350 g/mol. The number of aryl methyl sites for hydroxylation is 1. The standard InChI is InChI=1S/C17H19N7O3/c1-3-26-13(25)7-4-8-18-17-20-14-11(10-23(2)21-14)16-19-15(22-24(16)17)12-6-5-9-27-12/h5-6,9-10H,3-4,7-8H2,1-2H3,(H,18,20,21). The van der Waals surface area contributed by atoms with Crippen LogP contribution >= 0.6 is 0 Å². The van der Waals surface area contributed by atoms with Crippen molar-refractivity contribution in [1.82, 2.24) is 29.4 Å². The fourth-order valence-corrected chi connectivity index (χ4v) is 2.79. The maximum Gasteiger partial charge on any atom is 0.305 e. The summed E-state index contributed by atoms with van der Waals surface area (Å²) in [5.74, 6) is 1.33. The minimum Gasteiger partial charge on any atom is -0.466 e. The van der Waals surface area contributed by atoms with E-state index in [9.17, 15) is 4.79 Å². The number of anilines is 1. The molecule has 0 radical (unpaired) electrons. The lowest BCUT2D eigenvalue weighted by molar-refractivity contribution is -0.143. The van der Waals surface area contributed by atoms with Crippen molar-refractivity contribution in [2.75, 3.05) is 18.5 Å². The number of furan rings is 1. The average Bonchev–Trinajstić information content (AvgIpc) is 3.36. The highest BCUT2D eigenvalue weighted by Gasteiger charge is 2.17. The third-order valence-electron chi connectivity index (χ3n) is 3.96. The fraction of sp³-hybridized carbons (Fsp3) is 0.353. The fourth-order valence-electron chi connectivity index (χ4n) is 2.79. The zero-order chi connectivity index (χ0) is 18.8. The van der Waals surface area contributed by atoms with Crippen LogP contribution in [0.15, 0.2) is 29.0 Å². The van der Waals surface area contributed by atoms with Gasteiger partial charge in [0, 0.05) is 26.2 Å². The molecule has 0 aliphatic heterocycles. The van der Waals surface area contributed by atoms with Gasteiger partial charge >= 0.3 is 5.97 Å². The van der Waals surface area contributed by atoms with Crippen LogP contribution in [0.25, 0.3) is 28.3 Å². The first-order valence-electron chi connectivity index (χ1n) is 8.69. The van der Waals surface area contributed by atoms with Crippen molar-refractivity contribution in [3.05, 3.63) is 24.6 Å². The van der Waals surface area contributed by atoms with Crippen molar-refractivity contribution in [2.24, 2.45) is 7.05 Å². The Morgan fingerprint density at radius 2 is 2.22 bits per heavy atom. The topological polar surface area (TPSA) is 112 Å². The van der Waals surface area contributed by atoms with Gasteiger partial charge in [0.25, 0.3) is 0 Å². The molecule has 140 valence electrons. The number of nitrogens with one attached hydrogen (secondary N) is 1. The summed E-state index contributed by atoms with van der Waals surface area (Å²) in [7, 11) is 1.83. The molecular formula is C17H19N7O3. The number of carbonyl (C=O) groups excluding carboxylic acids is 1. The van der Waals surface area contributed by atoms with E-state index in [1.54, 1.807) is 34.5 Å². The molecule has 4 aromatic rings. The first-order valence-corrected chi connectivity index (χ1v) is 8.69. The number of esters is 1. The smallest absolute Gasteiger partial charge is 0.305 e. The van der Waals surface area contributed by atoms with E-state index >= 15 is 0 Å². The van der Waals surface area contributed by atoms with Gasteiger partial charge in [0.15, 0.2) is 17.1 Å². The van der Waals surface area contributed by atoms with Gasteiger partial charge in [-0.15, -0.1) is 5.10 Å². The zero-order valence-electron chi connectivity index (χ0n) is 15.0. The van der Waals surface area contributed by atoms with E-state index in [4.69, 9.17) is 9.15 Å². The molecule has 0 aromatic carbocycles. The minimum absolute atomic E-state index is 0.210. The Hall–Kier alpha value is -3.43. The number of rotatable bonds is 7. The van der Waals surface area contributed by atoms with Gasteiger partial charge in [-0.3, -0.25) is 9.48 Å². The van der Waals surface area contributed by atoms with Gasteiger partial charge in [-0.1, -0.05) is 0 Å². The summed E-state index contributed by atoms with van der Waals surface area (Å²) in [6, 6.07) is 3.59. The van der Waals surface area contributed by atoms with Crippen LogP contribution in [-0.2, 0) is 16.6 Å². The summed E-state index contributed by atoms with van der Waals surface area (Å²) in [4.78, 5) is 20.6. The van der Waals surface area contributed by atoms with Crippen LogP contribution in [0.4, 0.5) is 5.95 Å². The summed E-state index contributed by atoms with van der Waals surface area (Å²) in [6.45, 7) is 2.72. The van der Waals surface area contributed by atoms with Crippen molar-refractivity contribution < 1.29 is 13.9 Å². The summed E-state index contributed by atoms with van der Waals surface area (Å²) < 4.78 is 13.7. The lowest BCUT2D eigenvalue weighted by Gasteiger charge is -2.07. The van der Waals surface area contributed by atoms with Crippen LogP contribution < -0.4 is 5.32 Å². The van der Waals surface area contributed by atoms with E-state index in [1.165, 1.54) is 0 Å². The molecule has 27 heavy (non-hydrogen) atoms. The first-order chi connectivity index (χ1) is 13.2. The largest absolute Gasteiger partial charge is 0.466 e. The van der Waals surface area contributed by atoms with Gasteiger partial charge in [0.2, 0.25) is 11.8 Å². The van der Waals surface area contributed by atoms with E-state index in [0.29, 0.717) is 54.8 Å². The highest BCUT2D eigenvalue weighted by Crippen LogP contribution is 2.23. The molecule has 4 heterocycles. The van der Waals surface area contributed by atoms with Crippen molar-refractivity contribution in [1.29, 1.82) is 0 Å². The zero-order valence-corrected chi connectivity index (χ0v) is 15.0. The molecule has 0 spiro atoms. The Labute approximate surface area is 154 Å². The number of carbonyl (C=O) groups is 1. The molecule has 10 nitrogen and oxygen atoms in total. The molecule has 0 aliphatic carbocycles. The lowest BCUT2D eigenvalue weighted by Crippen LogP contribution is -2.12. The Morgan fingerprint density at radius 3 is 3.00 bits per heavy atom. The van der Waals surface area contributed by atoms with E-state index in [2.05, 4.69) is 25.5 Å². The van der Waals surface area contributed by atoms with E-state index in [-0.39, 0.29) is 5.97 Å². The van der Waals surface area contributed by atoms with Crippen molar-refractivity contribution >= 4 is 28.6 Å². The average molecular weight is 369 g/mol. The third-order valence-corrected chi connectivity index (χ3v) is 3.96. The number of hydrogen-bond acceptors (Lipinski definition) is 8. The van der Waals surface area contributed by atoms with Gasteiger partial charge in [0.1, 0.15) is 0 Å². The van der Waals surface area contributed by atoms with Crippen LogP contribution in [0.2, 0.25) is 0 Å². The normalized spacial score (nSPS) is 11.3. The molecule has 0 amide bonds. The van der Waals surface area contributed by atoms with Crippen LogP contribution in [-0.4, -0.2) is 48.5 Å². The molecule has 0 bridgehead atoms. The van der Waals surface area contributed by atoms with Gasteiger partial charge in [-0.05, 0) is 25.5 Å². The SMILES string of the molecule is CCOC(=O)CCCNc1nc2nn(C)cc2c2nc(-c3ccco3)nn12. The van der Waals surface area contributed by atoms with Crippen LogP contribution in [0.1, 0.15) is 19.8 Å². The van der Waals surface area contributed by atoms with Crippen molar-refractivity contribution in [3.8, 4) is 11.6 Å². The molecule has 0 unspecified atom stereocenters. The summed E-state index contributed by atoms with van der Waals surface area (Å²) >= 11 is 0. The highest BCUT2D eigenvalue weighted by molar-refractivity contribution is 5.90. The molecule has 10 heteroatoms. The predicted octanol–water partition coefficient (Wildman–Crippen LogP) is 2.03. The molecule has 0 atom stereocenters. The third kappa shape index (κ3) is 3.33. The van der Waals surface area contributed by atoms with Crippen LogP contribution in [0, 0.1) is 0 Å². The van der Waals surface area contributed by atoms with E-state index in [1.807, 2.05) is 13.2 Å². The molecule has 4 aromatic heterocycles. The van der Waals surface area contributed by atoms with Gasteiger partial charge < -0.3 is 14.5 Å². The summed E-state index contributed by atoms with van der Waals surface area (Å²) in [5.41, 5.74) is 1.20. The predicted molar refractivity (Wildman–Crippen MR) is 97.1 cm³/mol. The molecule has 1 N–H and O–H groups in total. The molecule has 0 saturated carbocycles. The Bertz CT molecular complexity index is 1080. The number of nitrogens with zero attached hydrogens (tertiary/aromatic N) is 6. The van der Waals surface area contributed by atoms with Gasteiger partial charge in [-0.25, -0.2) is 4.98 Å².